The zero-order chi connectivity index (χ0) is 47.0. The van der Waals surface area contributed by atoms with Gasteiger partial charge in [0.1, 0.15) is 0 Å². The molecule has 13 aromatic carbocycles. The topological polar surface area (TPSA) is 40.6 Å². The van der Waals surface area contributed by atoms with Crippen LogP contribution in [0.3, 0.4) is 0 Å². The van der Waals surface area contributed by atoms with Crippen molar-refractivity contribution in [3.63, 3.8) is 0 Å². The molecule has 71 heavy (non-hydrogen) atoms. The summed E-state index contributed by atoms with van der Waals surface area (Å²) in [5.74, 6) is 2.39. The molecule has 7 heteroatoms. The number of hydrogen-bond donors (Lipinski definition) is 0. The highest BCUT2D eigenvalue weighted by Gasteiger charge is 2.74. The van der Waals surface area contributed by atoms with Crippen LogP contribution in [0.4, 0.5) is 0 Å². The molecule has 0 aromatic heterocycles. The smallest absolute Gasteiger partial charge is 0.203 e. The SMILES string of the molecule is CN(C)CCCOc1ccc(C2N(C)CC34C5=c6ccc7c8ccc9c%10ccc%11c%12ccc%13c%14c(c%15c%16c3c6c7c3c8c9c6c%10c%11c(c%14%12)c%15c6c%163)C24C=%13C=C5)c(OCCCN(C)C)c1OCCCN(C)C. The first-order chi connectivity index (χ1) is 34.7. The predicted molar refractivity (Wildman–Crippen MR) is 295 cm³/mol. The van der Waals surface area contributed by atoms with Crippen molar-refractivity contribution in [1.29, 1.82) is 0 Å². The molecule has 5 aliphatic rings. The maximum absolute atomic E-state index is 7.38. The van der Waals surface area contributed by atoms with Crippen LogP contribution in [0.1, 0.15) is 42.0 Å². The maximum Gasteiger partial charge on any atom is 0.203 e. The van der Waals surface area contributed by atoms with Gasteiger partial charge in [0.05, 0.1) is 36.7 Å². The minimum Gasteiger partial charge on any atom is -0.489 e. The van der Waals surface area contributed by atoms with Crippen LogP contribution >= 0.6 is 0 Å². The molecule has 4 aliphatic carbocycles. The van der Waals surface area contributed by atoms with Gasteiger partial charge in [-0.25, -0.2) is 0 Å². The van der Waals surface area contributed by atoms with Gasteiger partial charge < -0.3 is 28.9 Å². The number of likely N-dealkylation sites (N-methyl/N-ethyl adjacent to an activating group) is 1. The number of nitrogens with zero attached hydrogens (tertiary/aromatic N) is 4. The first-order valence-electron chi connectivity index (χ1n) is 26.3. The summed E-state index contributed by atoms with van der Waals surface area (Å²) >= 11 is 0. The second kappa shape index (κ2) is 12.4. The maximum atomic E-state index is 7.38. The predicted octanol–water partition coefficient (Wildman–Crippen LogP) is 10.9. The lowest BCUT2D eigenvalue weighted by Gasteiger charge is -2.52. The number of fused-ring (bicyclic) bond motifs is 3. The molecule has 2 spiro atoms. The second-order valence-electron chi connectivity index (χ2n) is 23.4. The third-order valence-corrected chi connectivity index (χ3v) is 19.3. The van der Waals surface area contributed by atoms with Crippen LogP contribution in [-0.2, 0) is 10.8 Å². The molecule has 3 unspecified atom stereocenters. The summed E-state index contributed by atoms with van der Waals surface area (Å²) < 4.78 is 21.3. The highest BCUT2D eigenvalue weighted by Crippen LogP contribution is 2.78. The van der Waals surface area contributed by atoms with Crippen LogP contribution in [0.25, 0.3) is 130 Å². The minimum atomic E-state index is -0.467. The van der Waals surface area contributed by atoms with Crippen LogP contribution in [0.5, 0.6) is 17.2 Å². The number of rotatable bonds is 16. The Morgan fingerprint density at radius 1 is 0.451 bits per heavy atom. The van der Waals surface area contributed by atoms with Gasteiger partial charge in [-0.3, -0.25) is 4.90 Å². The average molecular weight is 927 g/mol. The van der Waals surface area contributed by atoms with Gasteiger partial charge in [0.25, 0.3) is 0 Å². The Balaban J connectivity index is 1.01. The molecular weight excluding hydrogens is 873 g/mol. The molecule has 3 atom stereocenters. The Morgan fingerprint density at radius 3 is 1.42 bits per heavy atom. The van der Waals surface area contributed by atoms with Crippen molar-refractivity contribution in [1.82, 2.24) is 19.6 Å². The van der Waals surface area contributed by atoms with E-state index in [1.165, 1.54) is 124 Å². The lowest BCUT2D eigenvalue weighted by molar-refractivity contribution is 0.213. The zero-order valence-electron chi connectivity index (χ0n) is 41.6. The normalized spacial score (nSPS) is 21.5. The average Bonchev–Trinajstić information content (AvgIpc) is 4.35. The van der Waals surface area contributed by atoms with E-state index in [9.17, 15) is 0 Å². The summed E-state index contributed by atoms with van der Waals surface area (Å²) in [6.45, 7) is 5.48. The fraction of sp³-hybridized carbons (Fsp3) is 0.312. The first-order valence-corrected chi connectivity index (χ1v) is 26.3. The Hall–Kier alpha value is -6.48. The van der Waals surface area contributed by atoms with Gasteiger partial charge in [-0.15, -0.1) is 0 Å². The molecule has 1 saturated heterocycles. The molecule has 18 rings (SSSR count). The van der Waals surface area contributed by atoms with Crippen LogP contribution in [0, 0.1) is 0 Å². The van der Waals surface area contributed by atoms with E-state index < -0.39 is 5.41 Å². The highest BCUT2D eigenvalue weighted by molar-refractivity contribution is 6.64. The van der Waals surface area contributed by atoms with Crippen molar-refractivity contribution < 1.29 is 14.2 Å². The van der Waals surface area contributed by atoms with E-state index in [0.717, 1.165) is 62.7 Å². The van der Waals surface area contributed by atoms with E-state index in [2.05, 4.69) is 142 Å². The highest BCUT2D eigenvalue weighted by atomic mass is 16.5. The van der Waals surface area contributed by atoms with E-state index in [1.54, 1.807) is 32.7 Å². The minimum absolute atomic E-state index is 0.0814. The van der Waals surface area contributed by atoms with Crippen molar-refractivity contribution in [3.8, 4) is 17.2 Å². The van der Waals surface area contributed by atoms with Crippen molar-refractivity contribution in [2.24, 2.45) is 0 Å². The summed E-state index contributed by atoms with van der Waals surface area (Å²) in [6.07, 6.45) is 7.90. The molecular formula is C64H54N4O3. The Bertz CT molecular complexity index is 4630. The standard InChI is InChI=1S/C64H54N4O3/c1-65(2)23-8-26-69-41-22-19-38(60(70-27-9-24-66(3)4)61(41)71-28-10-25-67(5)6)62-64-40-21-20-39-36-17-15-34-32-13-11-30-31-12-14-33-35-16-18-37(40)49-47(35)52-45(33)43(31)50-42(30)44(32)51-46(34)48(36)58(63(39,64)29-68(62)7)56-54(51)53(50)55(52)57(56)59(49)64/h11-22,62H,8-10,23-29H2,1-7H3. The van der Waals surface area contributed by atoms with E-state index in [0.29, 0.717) is 19.8 Å². The third kappa shape index (κ3) is 3.89. The summed E-state index contributed by atoms with van der Waals surface area (Å²) in [4.78, 5) is 9.48. The van der Waals surface area contributed by atoms with Gasteiger partial charge in [0.2, 0.25) is 5.75 Å². The van der Waals surface area contributed by atoms with Crippen LogP contribution in [-0.4, -0.2) is 115 Å². The molecule has 1 aliphatic heterocycles. The molecule has 1 fully saturated rings. The van der Waals surface area contributed by atoms with Crippen LogP contribution in [0.15, 0.2) is 72.8 Å². The Morgan fingerprint density at radius 2 is 0.873 bits per heavy atom. The van der Waals surface area contributed by atoms with E-state index in [-0.39, 0.29) is 11.5 Å². The number of allylic oxidation sites excluding steroid dienone is 2. The van der Waals surface area contributed by atoms with E-state index >= 15 is 0 Å². The zero-order valence-corrected chi connectivity index (χ0v) is 41.6. The molecule has 348 valence electrons. The number of likely N-dealkylation sites (tertiary alicyclic amines) is 1. The molecule has 0 bridgehead atoms. The van der Waals surface area contributed by atoms with Crippen molar-refractivity contribution in [3.05, 3.63) is 99.9 Å². The lowest BCUT2D eigenvalue weighted by atomic mass is 9.47. The van der Waals surface area contributed by atoms with Gasteiger partial charge in [0.15, 0.2) is 11.5 Å². The second-order valence-corrected chi connectivity index (χ2v) is 23.4. The molecule has 13 aromatic rings. The summed E-state index contributed by atoms with van der Waals surface area (Å²) in [6, 6.07) is 24.6. The summed E-state index contributed by atoms with van der Waals surface area (Å²) in [5.41, 5.74) is 6.54. The number of ether oxygens (including phenoxy) is 3. The van der Waals surface area contributed by atoms with Crippen LogP contribution in [0.2, 0.25) is 0 Å². The van der Waals surface area contributed by atoms with Gasteiger partial charge in [0, 0.05) is 31.7 Å². The molecule has 0 amide bonds. The molecule has 0 saturated carbocycles. The van der Waals surface area contributed by atoms with Crippen molar-refractivity contribution in [2.75, 3.05) is 95.3 Å². The molecule has 1 heterocycles. The Labute approximate surface area is 410 Å². The first kappa shape index (κ1) is 39.2. The van der Waals surface area contributed by atoms with Gasteiger partial charge in [-0.2, -0.15) is 0 Å². The molecule has 0 radical (unpaired) electrons. The van der Waals surface area contributed by atoms with Gasteiger partial charge in [-0.05, 0) is 232 Å². The summed E-state index contributed by atoms with van der Waals surface area (Å²) in [5, 5.41) is 35.7. The van der Waals surface area contributed by atoms with Crippen LogP contribution < -0.4 is 24.6 Å². The number of hydrogen-bond acceptors (Lipinski definition) is 7. The molecule has 0 N–H and O–H groups in total. The van der Waals surface area contributed by atoms with Gasteiger partial charge >= 0.3 is 0 Å². The van der Waals surface area contributed by atoms with E-state index in [1.807, 2.05) is 0 Å². The van der Waals surface area contributed by atoms with E-state index in [4.69, 9.17) is 14.2 Å². The fourth-order valence-corrected chi connectivity index (χ4v) is 17.5. The largest absolute Gasteiger partial charge is 0.489 e. The Kier molecular flexibility index (Phi) is 6.84. The monoisotopic (exact) mass is 926 g/mol. The fourth-order valence-electron chi connectivity index (χ4n) is 17.5. The quantitative estimate of drug-likeness (QED) is 0.0706. The third-order valence-electron chi connectivity index (χ3n) is 19.3. The molecule has 7 nitrogen and oxygen atoms in total. The number of benzene rings is 9. The van der Waals surface area contributed by atoms with Crippen molar-refractivity contribution in [2.45, 2.75) is 36.1 Å². The summed E-state index contributed by atoms with van der Waals surface area (Å²) in [7, 11) is 15.3. The lowest BCUT2D eigenvalue weighted by Crippen LogP contribution is -2.52. The van der Waals surface area contributed by atoms with Gasteiger partial charge in [-0.1, -0.05) is 60.7 Å². The van der Waals surface area contributed by atoms with Crippen molar-refractivity contribution >= 4 is 130 Å².